The summed E-state index contributed by atoms with van der Waals surface area (Å²) in [7, 11) is 1.56. The zero-order valence-electron chi connectivity index (χ0n) is 12.0. The first-order chi connectivity index (χ1) is 10.0. The van der Waals surface area contributed by atoms with Crippen molar-refractivity contribution in [3.05, 3.63) is 12.2 Å². The number of carboxylic acid groups (broad SMARTS) is 1. The van der Waals surface area contributed by atoms with Crippen LogP contribution >= 0.6 is 0 Å². The summed E-state index contributed by atoms with van der Waals surface area (Å²) in [4.78, 5) is 24.6. The van der Waals surface area contributed by atoms with Crippen LogP contribution in [0.5, 0.6) is 0 Å². The normalized spacial score (nSPS) is 21.2. The second-order valence-electron chi connectivity index (χ2n) is 4.85. The molecule has 0 radical (unpaired) electrons. The minimum absolute atomic E-state index is 0.127. The van der Waals surface area contributed by atoms with Crippen LogP contribution in [0.3, 0.4) is 0 Å². The molecule has 0 saturated carbocycles. The van der Waals surface area contributed by atoms with Gasteiger partial charge in [-0.2, -0.15) is 0 Å². The molecule has 2 heterocycles. The first kappa shape index (κ1) is 15.2. The van der Waals surface area contributed by atoms with Crippen molar-refractivity contribution >= 4 is 12.0 Å². The fourth-order valence-electron chi connectivity index (χ4n) is 2.27. The van der Waals surface area contributed by atoms with E-state index in [1.807, 2.05) is 11.5 Å². The number of ether oxygens (including phenoxy) is 1. The molecule has 0 spiro atoms. The largest absolute Gasteiger partial charge is 0.481 e. The highest BCUT2D eigenvalue weighted by atomic mass is 16.5. The van der Waals surface area contributed by atoms with Gasteiger partial charge in [-0.25, -0.2) is 4.79 Å². The number of rotatable bonds is 5. The number of urea groups is 1. The number of carbonyl (C=O) groups excluding carboxylic acids is 1. The average molecular weight is 297 g/mol. The van der Waals surface area contributed by atoms with E-state index in [4.69, 9.17) is 9.84 Å². The van der Waals surface area contributed by atoms with E-state index in [1.54, 1.807) is 13.4 Å². The molecule has 2 rings (SSSR count). The minimum atomic E-state index is -0.956. The molecule has 1 aromatic heterocycles. The Morgan fingerprint density at radius 2 is 2.33 bits per heavy atom. The van der Waals surface area contributed by atoms with Crippen LogP contribution in [-0.2, 0) is 22.6 Å². The van der Waals surface area contributed by atoms with Crippen molar-refractivity contribution in [3.63, 3.8) is 0 Å². The summed E-state index contributed by atoms with van der Waals surface area (Å²) in [5.74, 6) is -1.00. The molecular weight excluding hydrogens is 278 g/mol. The third kappa shape index (κ3) is 3.30. The fourth-order valence-corrected chi connectivity index (χ4v) is 2.27. The molecule has 0 aliphatic carbocycles. The molecule has 1 aromatic rings. The van der Waals surface area contributed by atoms with E-state index < -0.39 is 17.9 Å². The Hall–Kier alpha value is -2.16. The van der Waals surface area contributed by atoms with Crippen LogP contribution in [0.15, 0.2) is 6.33 Å². The van der Waals surface area contributed by atoms with Crippen LogP contribution in [0.25, 0.3) is 0 Å². The highest BCUT2D eigenvalue weighted by molar-refractivity contribution is 5.77. The molecule has 21 heavy (non-hydrogen) atoms. The lowest BCUT2D eigenvalue weighted by Crippen LogP contribution is -2.48. The van der Waals surface area contributed by atoms with E-state index in [9.17, 15) is 9.59 Å². The maximum absolute atomic E-state index is 12.1. The maximum Gasteiger partial charge on any atom is 0.317 e. The third-order valence-electron chi connectivity index (χ3n) is 3.62. The Balaban J connectivity index is 1.92. The fraction of sp³-hybridized carbons (Fsp3) is 0.667. The topological polar surface area (TPSA) is 110 Å². The zero-order valence-corrected chi connectivity index (χ0v) is 12.0. The number of aliphatic carboxylic acids is 1. The SMILES string of the molecule is CCn1cnnc1CNC(=O)N(C)C1COCC1C(=O)O. The van der Waals surface area contributed by atoms with E-state index >= 15 is 0 Å². The highest BCUT2D eigenvalue weighted by Gasteiger charge is 2.38. The summed E-state index contributed by atoms with van der Waals surface area (Å²) in [6, 6.07) is -0.825. The van der Waals surface area contributed by atoms with E-state index in [0.29, 0.717) is 12.4 Å². The quantitative estimate of drug-likeness (QED) is 0.761. The minimum Gasteiger partial charge on any atom is -0.481 e. The smallest absolute Gasteiger partial charge is 0.317 e. The average Bonchev–Trinajstić information content (AvgIpc) is 3.11. The van der Waals surface area contributed by atoms with Gasteiger partial charge in [0.15, 0.2) is 5.82 Å². The van der Waals surface area contributed by atoms with Crippen molar-refractivity contribution in [2.24, 2.45) is 5.92 Å². The van der Waals surface area contributed by atoms with Gasteiger partial charge in [0.05, 0.1) is 25.8 Å². The molecule has 2 unspecified atom stereocenters. The Kier molecular flexibility index (Phi) is 4.73. The number of likely N-dealkylation sites (N-methyl/N-ethyl adjacent to an activating group) is 1. The van der Waals surface area contributed by atoms with Gasteiger partial charge in [-0.1, -0.05) is 0 Å². The number of nitrogens with zero attached hydrogens (tertiary/aromatic N) is 4. The van der Waals surface area contributed by atoms with Crippen molar-refractivity contribution in [3.8, 4) is 0 Å². The van der Waals surface area contributed by atoms with Gasteiger partial charge in [0, 0.05) is 13.6 Å². The van der Waals surface area contributed by atoms with Crippen molar-refractivity contribution in [2.45, 2.75) is 26.1 Å². The molecule has 0 bridgehead atoms. The molecule has 9 nitrogen and oxygen atoms in total. The van der Waals surface area contributed by atoms with Crippen LogP contribution in [0.2, 0.25) is 0 Å². The number of nitrogens with one attached hydrogen (secondary N) is 1. The first-order valence-corrected chi connectivity index (χ1v) is 6.72. The predicted molar refractivity (Wildman–Crippen MR) is 71.4 cm³/mol. The van der Waals surface area contributed by atoms with Gasteiger partial charge >= 0.3 is 12.0 Å². The first-order valence-electron chi connectivity index (χ1n) is 6.72. The molecule has 1 fully saturated rings. The summed E-state index contributed by atoms with van der Waals surface area (Å²) in [5.41, 5.74) is 0. The lowest BCUT2D eigenvalue weighted by atomic mass is 10.0. The lowest BCUT2D eigenvalue weighted by molar-refractivity contribution is -0.142. The van der Waals surface area contributed by atoms with Gasteiger partial charge in [0.1, 0.15) is 12.2 Å². The maximum atomic E-state index is 12.1. The van der Waals surface area contributed by atoms with Crippen molar-refractivity contribution in [1.29, 1.82) is 0 Å². The molecule has 2 amide bonds. The van der Waals surface area contributed by atoms with Crippen LogP contribution in [0, 0.1) is 5.92 Å². The van der Waals surface area contributed by atoms with Crippen LogP contribution < -0.4 is 5.32 Å². The zero-order chi connectivity index (χ0) is 15.4. The monoisotopic (exact) mass is 297 g/mol. The van der Waals surface area contributed by atoms with Gasteiger partial charge in [-0.15, -0.1) is 10.2 Å². The van der Waals surface area contributed by atoms with Gasteiger partial charge in [-0.3, -0.25) is 4.79 Å². The molecule has 1 aliphatic rings. The van der Waals surface area contributed by atoms with Crippen LogP contribution in [-0.4, -0.2) is 63.1 Å². The second kappa shape index (κ2) is 6.53. The molecule has 0 aromatic carbocycles. The third-order valence-corrected chi connectivity index (χ3v) is 3.62. The van der Waals surface area contributed by atoms with Gasteiger partial charge < -0.3 is 24.6 Å². The highest BCUT2D eigenvalue weighted by Crippen LogP contribution is 2.19. The Labute approximate surface area is 121 Å². The van der Waals surface area contributed by atoms with Gasteiger partial charge in [-0.05, 0) is 6.92 Å². The van der Waals surface area contributed by atoms with Crippen molar-refractivity contribution in [1.82, 2.24) is 25.0 Å². The van der Waals surface area contributed by atoms with E-state index in [2.05, 4.69) is 15.5 Å². The van der Waals surface area contributed by atoms with Crippen LogP contribution in [0.4, 0.5) is 4.79 Å². The molecule has 2 atom stereocenters. The number of aromatic nitrogens is 3. The van der Waals surface area contributed by atoms with E-state index in [1.165, 1.54) is 4.90 Å². The molecule has 2 N–H and O–H groups in total. The number of hydrogen-bond donors (Lipinski definition) is 2. The molecular formula is C12H19N5O4. The van der Waals surface area contributed by atoms with E-state index in [-0.39, 0.29) is 25.8 Å². The summed E-state index contributed by atoms with van der Waals surface area (Å²) >= 11 is 0. The van der Waals surface area contributed by atoms with Crippen molar-refractivity contribution < 1.29 is 19.4 Å². The van der Waals surface area contributed by atoms with Crippen molar-refractivity contribution in [2.75, 3.05) is 20.3 Å². The number of carboxylic acids is 1. The standard InChI is InChI=1S/C12H19N5O4/c1-3-17-7-14-15-10(17)4-13-12(20)16(2)9-6-21-5-8(9)11(18)19/h7-9H,3-6H2,1-2H3,(H,13,20)(H,18,19). The predicted octanol–water partition coefficient (Wildman–Crippen LogP) is -0.461. The number of carbonyl (C=O) groups is 2. The van der Waals surface area contributed by atoms with Gasteiger partial charge in [0.25, 0.3) is 0 Å². The Morgan fingerprint density at radius 1 is 1.57 bits per heavy atom. The Morgan fingerprint density at radius 3 is 3.00 bits per heavy atom. The lowest BCUT2D eigenvalue weighted by Gasteiger charge is -2.26. The second-order valence-corrected chi connectivity index (χ2v) is 4.85. The summed E-state index contributed by atoms with van der Waals surface area (Å²) in [6.45, 7) is 3.26. The number of hydrogen-bond acceptors (Lipinski definition) is 5. The summed E-state index contributed by atoms with van der Waals surface area (Å²) in [6.07, 6.45) is 1.59. The molecule has 1 saturated heterocycles. The van der Waals surface area contributed by atoms with E-state index in [0.717, 1.165) is 0 Å². The summed E-state index contributed by atoms with van der Waals surface area (Å²) < 4.78 is 6.98. The Bertz CT molecular complexity index is 518. The number of amides is 2. The summed E-state index contributed by atoms with van der Waals surface area (Å²) in [5, 5.41) is 19.5. The van der Waals surface area contributed by atoms with Crippen LogP contribution in [0.1, 0.15) is 12.7 Å². The molecule has 116 valence electrons. The number of aryl methyl sites for hydroxylation is 1. The molecule has 9 heteroatoms. The molecule has 1 aliphatic heterocycles. The van der Waals surface area contributed by atoms with Gasteiger partial charge in [0.2, 0.25) is 0 Å².